The van der Waals surface area contributed by atoms with E-state index in [-0.39, 0.29) is 110 Å². The third-order valence-corrected chi connectivity index (χ3v) is 21.6. The molecule has 5 fully saturated rings. The molecule has 0 radical (unpaired) electrons. The fourth-order valence-electron chi connectivity index (χ4n) is 17.1. The minimum Gasteiger partial charge on any atom is -0.479 e. The number of aliphatic hydroxyl groups excluding tert-OH is 3. The molecule has 100 heavy (non-hydrogen) atoms. The van der Waals surface area contributed by atoms with Gasteiger partial charge in [-0.05, 0) is 152 Å². The van der Waals surface area contributed by atoms with E-state index in [1.165, 1.54) is 28.4 Å². The number of thiazole rings is 1. The predicted molar refractivity (Wildman–Crippen MR) is 370 cm³/mol. The van der Waals surface area contributed by atoms with Gasteiger partial charge in [0.25, 0.3) is 17.7 Å². The van der Waals surface area contributed by atoms with Crippen LogP contribution in [0.15, 0.2) is 97.2 Å². The summed E-state index contributed by atoms with van der Waals surface area (Å²) in [5, 5.41) is 63.4. The minimum atomic E-state index is -1.89. The first-order valence-corrected chi connectivity index (χ1v) is 35.0. The number of aromatic carboxylic acids is 1. The van der Waals surface area contributed by atoms with Crippen molar-refractivity contribution >= 4 is 91.7 Å². The molecule has 6 heterocycles. The smallest absolute Gasteiger partial charge is 0.409 e. The number of Topliss-reactive ketones (excluding diaryl/α,β-unsaturated/α-hetero) is 1. The van der Waals surface area contributed by atoms with Crippen molar-refractivity contribution in [2.24, 2.45) is 16.2 Å². The lowest BCUT2D eigenvalue weighted by molar-refractivity contribution is -0.248. The van der Waals surface area contributed by atoms with E-state index in [9.17, 15) is 63.9 Å². The molecular formula is C74H85N9O16S. The number of nitrogens with zero attached hydrogens (tertiary/aromatic N) is 7. The number of ketones is 1. The number of aliphatic carboxylic acids is 1. The Bertz CT molecular complexity index is 4170. The number of carboxylic acid groups (broad SMARTS) is 2. The summed E-state index contributed by atoms with van der Waals surface area (Å²) in [5.74, 6) is -3.64. The van der Waals surface area contributed by atoms with E-state index < -0.39 is 60.1 Å². The maximum Gasteiger partial charge on any atom is 0.409 e. The zero-order valence-electron chi connectivity index (χ0n) is 56.5. The summed E-state index contributed by atoms with van der Waals surface area (Å²) in [5.41, 5.74) is 5.71. The number of nitrogens with one attached hydrogen (secondary N) is 2. The molecule has 4 saturated carbocycles. The number of pyridine rings is 1. The number of hydrogen-bond acceptors (Lipinski definition) is 19. The third kappa shape index (κ3) is 15.6. The molecule has 528 valence electrons. The number of aromatic nitrogens is 4. The van der Waals surface area contributed by atoms with Crippen molar-refractivity contribution < 1.29 is 78.1 Å². The number of unbranched alkanes of at least 4 members (excludes halogenated alkanes) is 2. The second-order valence-corrected chi connectivity index (χ2v) is 29.8. The number of carbonyl (C=O) groups excluding carboxylic acids is 6. The number of para-hydroxylation sites is 1. The molecule has 7 atom stereocenters. The zero-order chi connectivity index (χ0) is 70.8. The number of benzene rings is 3. The van der Waals surface area contributed by atoms with Crippen LogP contribution in [0.25, 0.3) is 27.4 Å². The predicted octanol–water partition coefficient (Wildman–Crippen LogP) is 8.93. The van der Waals surface area contributed by atoms with Crippen molar-refractivity contribution in [1.29, 1.82) is 0 Å². The van der Waals surface area contributed by atoms with Gasteiger partial charge in [-0.1, -0.05) is 74.1 Å². The third-order valence-electron chi connectivity index (χ3n) is 20.6. The van der Waals surface area contributed by atoms with Crippen molar-refractivity contribution in [2.45, 2.75) is 166 Å². The molecule has 7 N–H and O–H groups in total. The van der Waals surface area contributed by atoms with Crippen molar-refractivity contribution in [1.82, 2.24) is 29.5 Å². The summed E-state index contributed by atoms with van der Waals surface area (Å²) in [7, 11) is 1.65. The molecule has 0 spiro atoms. The lowest BCUT2D eigenvalue weighted by Crippen LogP contribution is -2.64. The molecule has 3 aliphatic heterocycles. The number of imide groups is 1. The Labute approximate surface area is 582 Å². The first kappa shape index (κ1) is 70.8. The van der Waals surface area contributed by atoms with Crippen molar-refractivity contribution in [3.8, 4) is 11.1 Å². The molecule has 13 rings (SSSR count). The van der Waals surface area contributed by atoms with Crippen LogP contribution >= 0.6 is 11.3 Å². The van der Waals surface area contributed by atoms with Gasteiger partial charge in [0.05, 0.1) is 34.7 Å². The van der Waals surface area contributed by atoms with Crippen LogP contribution in [0, 0.1) is 23.2 Å². The first-order valence-electron chi connectivity index (χ1n) is 34.2. The van der Waals surface area contributed by atoms with Gasteiger partial charge < -0.3 is 54.9 Å². The molecule has 26 heteroatoms. The summed E-state index contributed by atoms with van der Waals surface area (Å²) in [6.07, 6.45) is 6.85. The Balaban J connectivity index is 0.645. The number of rotatable bonds is 28. The Morgan fingerprint density at radius 2 is 1.57 bits per heavy atom. The molecule has 6 aromatic rings. The van der Waals surface area contributed by atoms with Crippen LogP contribution in [0.5, 0.6) is 0 Å². The fourth-order valence-corrected chi connectivity index (χ4v) is 17.9. The largest absolute Gasteiger partial charge is 0.479 e. The highest BCUT2D eigenvalue weighted by Gasteiger charge is 2.66. The molecule has 7 aliphatic rings. The normalized spacial score (nSPS) is 25.2. The van der Waals surface area contributed by atoms with Crippen LogP contribution in [0.1, 0.15) is 146 Å². The van der Waals surface area contributed by atoms with E-state index in [0.717, 1.165) is 70.5 Å². The number of aliphatic hydroxyl groups is 3. The zero-order valence-corrected chi connectivity index (χ0v) is 57.3. The highest BCUT2D eigenvalue weighted by molar-refractivity contribution is 7.22. The highest BCUT2D eigenvalue weighted by atomic mass is 32.1. The van der Waals surface area contributed by atoms with Crippen LogP contribution in [0.4, 0.5) is 21.4 Å². The van der Waals surface area contributed by atoms with Gasteiger partial charge in [-0.2, -0.15) is 5.10 Å². The van der Waals surface area contributed by atoms with Crippen LogP contribution in [-0.2, 0) is 64.1 Å². The van der Waals surface area contributed by atoms with Crippen molar-refractivity contribution in [3.63, 3.8) is 0 Å². The quantitative estimate of drug-likeness (QED) is 0.0178. The van der Waals surface area contributed by atoms with Gasteiger partial charge in [-0.3, -0.25) is 38.9 Å². The fraction of sp³-hybridized carbons (Fsp3) is 0.473. The van der Waals surface area contributed by atoms with E-state index in [0.29, 0.717) is 84.1 Å². The average Bonchev–Trinajstić information content (AvgIpc) is 0.742. The number of anilines is 3. The number of amides is 5. The average molecular weight is 1390 g/mol. The number of fused-ring (bicyclic) bond motifs is 2. The number of ether oxygens (including phenoxy) is 3. The molecule has 3 aromatic heterocycles. The molecular weight excluding hydrogens is 1300 g/mol. The SMILES string of the molecule is Cc1c(-c2ccc(N3CCc4cccc(C(=O)Nc5nc6ccccc6s5)c4C3)nc2C(=O)O)cnn1CC12CC3(C)CC(C)(C1)CC(OCCN(C)C(=O)OC/C=C/c1ccc(C[C@@H]4O[C@H](C(=O)O)[C@@H](O)[C@H](O)[C@H]4O)c(NC(=O)CCCC(=O)CCCCCN4C(=O)C=CC4=O)c1)(C3)C2. The lowest BCUT2D eigenvalue weighted by Gasteiger charge is -2.69. The second-order valence-electron chi connectivity index (χ2n) is 28.8. The van der Waals surface area contributed by atoms with Crippen LogP contribution in [-0.4, -0.2) is 179 Å². The van der Waals surface area contributed by atoms with Gasteiger partial charge in [0, 0.05) is 106 Å². The maximum absolute atomic E-state index is 13.8. The van der Waals surface area contributed by atoms with Crippen LogP contribution in [0.3, 0.4) is 0 Å². The highest BCUT2D eigenvalue weighted by Crippen LogP contribution is 2.72. The van der Waals surface area contributed by atoms with Gasteiger partial charge in [-0.25, -0.2) is 24.4 Å². The van der Waals surface area contributed by atoms with Gasteiger partial charge in [0.2, 0.25) is 5.91 Å². The van der Waals surface area contributed by atoms with Crippen LogP contribution in [0.2, 0.25) is 0 Å². The van der Waals surface area contributed by atoms with E-state index in [2.05, 4.69) is 29.5 Å². The molecule has 25 nitrogen and oxygen atoms in total. The van der Waals surface area contributed by atoms with Crippen LogP contribution < -0.4 is 15.5 Å². The topological polar surface area (TPSA) is 343 Å². The minimum absolute atomic E-state index is 0.0126. The lowest BCUT2D eigenvalue weighted by atomic mass is 9.39. The Hall–Kier alpha value is -9.05. The Morgan fingerprint density at radius 3 is 2.32 bits per heavy atom. The second kappa shape index (κ2) is 29.3. The first-order chi connectivity index (χ1) is 47.8. The molecule has 3 aromatic carbocycles. The summed E-state index contributed by atoms with van der Waals surface area (Å²) < 4.78 is 21.2. The van der Waals surface area contributed by atoms with E-state index >= 15 is 0 Å². The number of carbonyl (C=O) groups is 8. The monoisotopic (exact) mass is 1390 g/mol. The molecule has 4 bridgehead atoms. The maximum atomic E-state index is 13.8. The standard InChI is InChI=1S/C74H85N9O16S/c1-44-51(49-23-24-57(78-61(49)67(92)93)81-29-27-46-14-10-17-50(52(46)36-81)66(91)79-69-77-53-18-7-8-19-56(53)100-69)35-75-83(44)43-73-38-71(2)37-72(3,39-73)41-74(40-71,42-73)98-32-30-80(4)70(96)97-31-12-13-45-21-22-47(34-55-62(88)63(89)64(90)65(99-55)68(94)95)54(33-45)76-58(85)20-11-16-48(84)15-6-5-9-28-82-59(86)25-26-60(82)87/h7-8,10,12-14,17-19,21-26,33,35,55,62-65,88-90H,5-6,9,11,15-16,20,27-32,34,36-43H2,1-4H3,(H,76,85)(H,92,93)(H,94,95)(H,77,79,91)/b13-12+/t55-,62-,63+,64-,65-,71?,72?,73?,74?/m0/s1. The summed E-state index contributed by atoms with van der Waals surface area (Å²) >= 11 is 1.41. The van der Waals surface area contributed by atoms with E-state index in [1.807, 2.05) is 65.0 Å². The van der Waals surface area contributed by atoms with E-state index in [1.54, 1.807) is 49.7 Å². The number of hydrogen-bond donors (Lipinski definition) is 7. The summed E-state index contributed by atoms with van der Waals surface area (Å²) in [6, 6.07) is 22.0. The Morgan fingerprint density at radius 1 is 0.810 bits per heavy atom. The van der Waals surface area contributed by atoms with Gasteiger partial charge in [0.15, 0.2) is 16.9 Å². The van der Waals surface area contributed by atoms with E-state index in [4.69, 9.17) is 24.3 Å². The molecule has 4 aliphatic carbocycles. The van der Waals surface area contributed by atoms with Crippen molar-refractivity contribution in [2.75, 3.05) is 55.4 Å². The number of carboxylic acids is 2. The number of likely N-dealkylation sites (N-methyl/N-ethyl adjacent to an activating group) is 1. The summed E-state index contributed by atoms with van der Waals surface area (Å²) in [4.78, 5) is 116. The Kier molecular flexibility index (Phi) is 20.7. The van der Waals surface area contributed by atoms with Gasteiger partial charge in [-0.15, -0.1) is 0 Å². The molecule has 5 amide bonds. The molecule has 2 unspecified atom stereocenters. The van der Waals surface area contributed by atoms with Gasteiger partial charge >= 0.3 is 18.0 Å². The summed E-state index contributed by atoms with van der Waals surface area (Å²) in [6.45, 7) is 8.92. The molecule has 1 saturated heterocycles. The van der Waals surface area contributed by atoms with Gasteiger partial charge in [0.1, 0.15) is 36.5 Å². The van der Waals surface area contributed by atoms with Crippen molar-refractivity contribution in [3.05, 3.63) is 136 Å².